The molecule has 2 atom stereocenters. The van der Waals surface area contributed by atoms with Gasteiger partial charge in [0.1, 0.15) is 0 Å². The summed E-state index contributed by atoms with van der Waals surface area (Å²) in [6, 6.07) is 0. The fourth-order valence-corrected chi connectivity index (χ4v) is 1.44. The summed E-state index contributed by atoms with van der Waals surface area (Å²) in [4.78, 5) is 0. The Morgan fingerprint density at radius 2 is 1.75 bits per heavy atom. The van der Waals surface area contributed by atoms with Crippen molar-refractivity contribution >= 4 is 0 Å². The van der Waals surface area contributed by atoms with Crippen molar-refractivity contribution in [1.29, 1.82) is 0 Å². The molecule has 0 spiro atoms. The van der Waals surface area contributed by atoms with Gasteiger partial charge in [-0.05, 0) is 24.2 Å². The number of rotatable bonds is 2. The molecule has 1 heteroatoms. The van der Waals surface area contributed by atoms with Crippen LogP contribution in [-0.2, 0) is 0 Å². The lowest BCUT2D eigenvalue weighted by Gasteiger charge is -1.87. The third-order valence-corrected chi connectivity index (χ3v) is 2.50. The lowest BCUT2D eigenvalue weighted by molar-refractivity contribution is 0.275. The van der Waals surface area contributed by atoms with E-state index in [4.69, 9.17) is 5.11 Å². The predicted octanol–water partition coefficient (Wildman–Crippen LogP) is 1.27. The minimum absolute atomic E-state index is 0.374. The van der Waals surface area contributed by atoms with Crippen LogP contribution in [0.5, 0.6) is 0 Å². The van der Waals surface area contributed by atoms with E-state index >= 15 is 0 Å². The zero-order valence-electron chi connectivity index (χ0n) is 5.59. The van der Waals surface area contributed by atoms with E-state index in [1.54, 1.807) is 0 Å². The van der Waals surface area contributed by atoms with Crippen molar-refractivity contribution in [2.75, 3.05) is 6.61 Å². The summed E-state index contributed by atoms with van der Waals surface area (Å²) in [5.74, 6) is 2.59. The van der Waals surface area contributed by atoms with Gasteiger partial charge in [-0.1, -0.05) is 13.8 Å². The smallest absolute Gasteiger partial charge is 0.0433 e. The van der Waals surface area contributed by atoms with Crippen LogP contribution >= 0.6 is 0 Å². The van der Waals surface area contributed by atoms with Gasteiger partial charge in [0.25, 0.3) is 0 Å². The van der Waals surface area contributed by atoms with Gasteiger partial charge >= 0.3 is 0 Å². The fraction of sp³-hybridized carbons (Fsp3) is 1.00. The van der Waals surface area contributed by atoms with Crippen LogP contribution < -0.4 is 0 Å². The Morgan fingerprint density at radius 1 is 1.25 bits per heavy atom. The molecule has 1 rings (SSSR count). The van der Waals surface area contributed by atoms with E-state index in [1.165, 1.54) is 0 Å². The summed E-state index contributed by atoms with van der Waals surface area (Å²) in [6.07, 6.45) is 1.02. The topological polar surface area (TPSA) is 20.2 Å². The molecule has 0 aromatic rings. The van der Waals surface area contributed by atoms with Crippen LogP contribution in [0.15, 0.2) is 0 Å². The number of hydrogen-bond donors (Lipinski definition) is 1. The SMILES string of the molecule is C[C@@H]1C(CCO)[C@H]1C. The van der Waals surface area contributed by atoms with Gasteiger partial charge in [0.15, 0.2) is 0 Å². The molecule has 0 amide bonds. The minimum Gasteiger partial charge on any atom is -0.396 e. The highest BCUT2D eigenvalue weighted by atomic mass is 16.3. The van der Waals surface area contributed by atoms with Gasteiger partial charge in [0.05, 0.1) is 0 Å². The largest absolute Gasteiger partial charge is 0.396 e. The van der Waals surface area contributed by atoms with Gasteiger partial charge < -0.3 is 5.11 Å². The van der Waals surface area contributed by atoms with E-state index in [-0.39, 0.29) is 0 Å². The molecule has 0 aromatic carbocycles. The molecule has 0 heterocycles. The molecule has 0 radical (unpaired) electrons. The number of aliphatic hydroxyl groups excluding tert-OH is 1. The van der Waals surface area contributed by atoms with Gasteiger partial charge in [0.2, 0.25) is 0 Å². The Kier molecular flexibility index (Phi) is 1.57. The maximum Gasteiger partial charge on any atom is 0.0433 e. The zero-order chi connectivity index (χ0) is 6.15. The second kappa shape index (κ2) is 2.06. The molecule has 0 unspecified atom stereocenters. The second-order valence-electron chi connectivity index (χ2n) is 2.89. The molecule has 0 saturated heterocycles. The van der Waals surface area contributed by atoms with Crippen molar-refractivity contribution < 1.29 is 5.11 Å². The van der Waals surface area contributed by atoms with Crippen LogP contribution in [0.3, 0.4) is 0 Å². The van der Waals surface area contributed by atoms with E-state index in [0.717, 1.165) is 24.2 Å². The Labute approximate surface area is 50.7 Å². The molecular formula is C7H14O. The van der Waals surface area contributed by atoms with Crippen molar-refractivity contribution in [3.05, 3.63) is 0 Å². The first-order valence-corrected chi connectivity index (χ1v) is 3.38. The molecular weight excluding hydrogens is 100 g/mol. The molecule has 1 nitrogen and oxygen atoms in total. The maximum absolute atomic E-state index is 8.51. The summed E-state index contributed by atoms with van der Waals surface area (Å²) < 4.78 is 0. The molecule has 1 saturated carbocycles. The second-order valence-corrected chi connectivity index (χ2v) is 2.89. The average Bonchev–Trinajstić information content (AvgIpc) is 2.25. The Hall–Kier alpha value is -0.0400. The lowest BCUT2D eigenvalue weighted by atomic mass is 10.2. The van der Waals surface area contributed by atoms with Crippen LogP contribution in [0, 0.1) is 17.8 Å². The van der Waals surface area contributed by atoms with Gasteiger partial charge in [0, 0.05) is 6.61 Å². The molecule has 48 valence electrons. The first kappa shape index (κ1) is 6.09. The minimum atomic E-state index is 0.374. The Balaban J connectivity index is 2.13. The quantitative estimate of drug-likeness (QED) is 0.573. The highest BCUT2D eigenvalue weighted by molar-refractivity contribution is 4.89. The first-order chi connectivity index (χ1) is 3.77. The summed E-state index contributed by atoms with van der Waals surface area (Å²) in [6.45, 7) is 4.88. The standard InChI is InChI=1S/C7H14O/c1-5-6(2)7(5)3-4-8/h5-8H,3-4H2,1-2H3/t5-,6-/m0/s1. The van der Waals surface area contributed by atoms with E-state index in [2.05, 4.69) is 13.8 Å². The maximum atomic E-state index is 8.51. The van der Waals surface area contributed by atoms with E-state index < -0.39 is 0 Å². The zero-order valence-corrected chi connectivity index (χ0v) is 5.59. The average molecular weight is 114 g/mol. The number of hydrogen-bond acceptors (Lipinski definition) is 1. The van der Waals surface area contributed by atoms with Crippen molar-refractivity contribution in [2.24, 2.45) is 17.8 Å². The first-order valence-electron chi connectivity index (χ1n) is 3.38. The van der Waals surface area contributed by atoms with Crippen molar-refractivity contribution in [1.82, 2.24) is 0 Å². The monoisotopic (exact) mass is 114 g/mol. The molecule has 0 aromatic heterocycles. The van der Waals surface area contributed by atoms with E-state index in [1.807, 2.05) is 0 Å². The van der Waals surface area contributed by atoms with Crippen LogP contribution in [0.25, 0.3) is 0 Å². The molecule has 1 fully saturated rings. The molecule has 0 aliphatic heterocycles. The fourth-order valence-electron chi connectivity index (χ4n) is 1.44. The predicted molar refractivity (Wildman–Crippen MR) is 33.5 cm³/mol. The van der Waals surface area contributed by atoms with Crippen molar-refractivity contribution in [3.8, 4) is 0 Å². The molecule has 0 bridgehead atoms. The molecule has 1 N–H and O–H groups in total. The van der Waals surface area contributed by atoms with Crippen LogP contribution in [0.4, 0.5) is 0 Å². The summed E-state index contributed by atoms with van der Waals surface area (Å²) in [5.41, 5.74) is 0. The lowest BCUT2D eigenvalue weighted by Crippen LogP contribution is -1.85. The molecule has 1 aliphatic rings. The molecule has 8 heavy (non-hydrogen) atoms. The van der Waals surface area contributed by atoms with E-state index in [9.17, 15) is 0 Å². The van der Waals surface area contributed by atoms with Crippen LogP contribution in [0.1, 0.15) is 20.3 Å². The van der Waals surface area contributed by atoms with E-state index in [0.29, 0.717) is 6.61 Å². The summed E-state index contributed by atoms with van der Waals surface area (Å²) >= 11 is 0. The summed E-state index contributed by atoms with van der Waals surface area (Å²) in [5, 5.41) is 8.51. The number of aliphatic hydroxyl groups is 1. The molecule has 1 aliphatic carbocycles. The Bertz CT molecular complexity index is 72.5. The van der Waals surface area contributed by atoms with Crippen LogP contribution in [0.2, 0.25) is 0 Å². The van der Waals surface area contributed by atoms with Gasteiger partial charge in [-0.3, -0.25) is 0 Å². The third-order valence-electron chi connectivity index (χ3n) is 2.50. The van der Waals surface area contributed by atoms with Crippen molar-refractivity contribution in [3.63, 3.8) is 0 Å². The van der Waals surface area contributed by atoms with Gasteiger partial charge in [-0.15, -0.1) is 0 Å². The van der Waals surface area contributed by atoms with Crippen molar-refractivity contribution in [2.45, 2.75) is 20.3 Å². The third kappa shape index (κ3) is 0.873. The van der Waals surface area contributed by atoms with Crippen LogP contribution in [-0.4, -0.2) is 11.7 Å². The van der Waals surface area contributed by atoms with Gasteiger partial charge in [-0.25, -0.2) is 0 Å². The highest BCUT2D eigenvalue weighted by Crippen LogP contribution is 2.47. The van der Waals surface area contributed by atoms with Gasteiger partial charge in [-0.2, -0.15) is 0 Å². The highest BCUT2D eigenvalue weighted by Gasteiger charge is 2.41. The Morgan fingerprint density at radius 3 is 1.88 bits per heavy atom. The normalized spacial score (nSPS) is 44.6. The summed E-state index contributed by atoms with van der Waals surface area (Å²) in [7, 11) is 0.